The van der Waals surface area contributed by atoms with Gasteiger partial charge in [0.2, 0.25) is 0 Å². The lowest BCUT2D eigenvalue weighted by atomic mass is 9.82. The lowest BCUT2D eigenvalue weighted by Crippen LogP contribution is -2.12. The van der Waals surface area contributed by atoms with Gasteiger partial charge in [0.1, 0.15) is 0 Å². The van der Waals surface area contributed by atoms with Gasteiger partial charge in [0.15, 0.2) is 0 Å². The topological polar surface area (TPSA) is 40.5 Å². The van der Waals surface area contributed by atoms with Gasteiger partial charge in [0.05, 0.1) is 5.56 Å². The van der Waals surface area contributed by atoms with Crippen molar-refractivity contribution in [1.82, 2.24) is 0 Å². The van der Waals surface area contributed by atoms with Gasteiger partial charge in [-0.2, -0.15) is 0 Å². The van der Waals surface area contributed by atoms with E-state index in [0.29, 0.717) is 5.56 Å². The van der Waals surface area contributed by atoms with Crippen LogP contribution < -0.4 is 4.90 Å². The number of benzene rings is 3. The molecule has 0 aliphatic rings. The normalized spacial score (nSPS) is 11.9. The van der Waals surface area contributed by atoms with Crippen molar-refractivity contribution in [2.24, 2.45) is 0 Å². The van der Waals surface area contributed by atoms with Gasteiger partial charge >= 0.3 is 5.97 Å². The molecule has 138 valence electrons. The molecule has 3 rings (SSSR count). The van der Waals surface area contributed by atoms with Crippen LogP contribution in [0, 0.1) is 13.8 Å². The molecule has 3 aromatic carbocycles. The molecule has 3 aromatic rings. The molecule has 0 fully saturated rings. The van der Waals surface area contributed by atoms with Crippen molar-refractivity contribution in [3.8, 4) is 0 Å². The molecule has 0 saturated heterocycles. The van der Waals surface area contributed by atoms with Crippen molar-refractivity contribution in [3.05, 3.63) is 100 Å². The Hall–Kier alpha value is -3.07. The molecule has 3 nitrogen and oxygen atoms in total. The van der Waals surface area contributed by atoms with Gasteiger partial charge in [-0.3, -0.25) is 0 Å². The van der Waals surface area contributed by atoms with E-state index in [2.05, 4.69) is 60.4 Å². The van der Waals surface area contributed by atoms with Crippen molar-refractivity contribution in [1.29, 1.82) is 0 Å². The van der Waals surface area contributed by atoms with Crippen LogP contribution in [0.5, 0.6) is 0 Å². The Morgan fingerprint density at radius 1 is 0.815 bits per heavy atom. The Bertz CT molecular complexity index is 941. The highest BCUT2D eigenvalue weighted by molar-refractivity contribution is 5.90. The third-order valence-electron chi connectivity index (χ3n) is 4.90. The lowest BCUT2D eigenvalue weighted by Gasteiger charge is -2.22. The third kappa shape index (κ3) is 4.03. The van der Waals surface area contributed by atoms with E-state index in [1.807, 2.05) is 33.2 Å². The molecule has 0 aliphatic carbocycles. The molecule has 0 radical (unpaired) electrons. The molecule has 1 atom stereocenters. The number of rotatable bonds is 5. The van der Waals surface area contributed by atoms with Crippen molar-refractivity contribution >= 4 is 11.7 Å². The predicted octanol–water partition coefficient (Wildman–Crippen LogP) is 5.25. The monoisotopic (exact) mass is 359 g/mol. The van der Waals surface area contributed by atoms with Gasteiger partial charge < -0.3 is 10.0 Å². The van der Waals surface area contributed by atoms with Crippen molar-refractivity contribution in [2.45, 2.75) is 19.8 Å². The first-order valence-electron chi connectivity index (χ1n) is 9.04. The molecule has 0 aromatic heterocycles. The minimum Gasteiger partial charge on any atom is -0.478 e. The number of nitrogens with zero attached hydrogens (tertiary/aromatic N) is 1. The number of aryl methyl sites for hydroxylation is 2. The smallest absolute Gasteiger partial charge is 0.336 e. The van der Waals surface area contributed by atoms with Gasteiger partial charge in [-0.1, -0.05) is 59.7 Å². The summed E-state index contributed by atoms with van der Waals surface area (Å²) in [4.78, 5) is 14.0. The molecule has 0 saturated carbocycles. The molecular formula is C24H25NO2. The van der Waals surface area contributed by atoms with Crippen LogP contribution in [0.2, 0.25) is 0 Å². The number of hydrogen-bond acceptors (Lipinski definition) is 2. The van der Waals surface area contributed by atoms with E-state index in [4.69, 9.17) is 0 Å². The summed E-state index contributed by atoms with van der Waals surface area (Å²) in [5, 5.41) is 9.79. The van der Waals surface area contributed by atoms with Crippen LogP contribution in [0.1, 0.15) is 44.1 Å². The summed E-state index contributed by atoms with van der Waals surface area (Å²) in [5.74, 6) is -1.02. The van der Waals surface area contributed by atoms with Crippen LogP contribution in [0.25, 0.3) is 0 Å². The van der Waals surface area contributed by atoms with Crippen LogP contribution in [-0.4, -0.2) is 25.2 Å². The zero-order valence-electron chi connectivity index (χ0n) is 16.2. The quantitative estimate of drug-likeness (QED) is 0.633. The van der Waals surface area contributed by atoms with Crippen LogP contribution >= 0.6 is 0 Å². The fourth-order valence-electron chi connectivity index (χ4n) is 3.38. The Balaban J connectivity index is 2.19. The van der Waals surface area contributed by atoms with E-state index in [-0.39, 0.29) is 5.92 Å². The number of carboxylic acids is 1. The SMILES string of the molecule is Cc1ccc(C(c2ccc(N(C)C)cc2)c2ccc(C)cc2C(=O)O)cc1. The first-order chi connectivity index (χ1) is 12.9. The average molecular weight is 359 g/mol. The summed E-state index contributed by atoms with van der Waals surface area (Å²) in [6, 6.07) is 22.3. The van der Waals surface area contributed by atoms with Gasteiger partial charge in [0.25, 0.3) is 0 Å². The molecular weight excluding hydrogens is 334 g/mol. The molecule has 0 aliphatic heterocycles. The number of aromatic carboxylic acids is 1. The number of carboxylic acid groups (broad SMARTS) is 1. The van der Waals surface area contributed by atoms with Crippen LogP contribution in [0.4, 0.5) is 5.69 Å². The summed E-state index contributed by atoms with van der Waals surface area (Å²) in [7, 11) is 4.02. The molecule has 1 N–H and O–H groups in total. The first kappa shape index (κ1) is 18.7. The first-order valence-corrected chi connectivity index (χ1v) is 9.04. The van der Waals surface area contributed by atoms with Gasteiger partial charge in [-0.25, -0.2) is 4.79 Å². The highest BCUT2D eigenvalue weighted by Crippen LogP contribution is 2.35. The molecule has 0 heterocycles. The number of anilines is 1. The van der Waals surface area contributed by atoms with E-state index < -0.39 is 5.97 Å². The second kappa shape index (κ2) is 7.67. The van der Waals surface area contributed by atoms with Gasteiger partial charge in [0, 0.05) is 25.7 Å². The Morgan fingerprint density at radius 2 is 1.33 bits per heavy atom. The number of hydrogen-bond donors (Lipinski definition) is 1. The van der Waals surface area contributed by atoms with Crippen LogP contribution in [-0.2, 0) is 0 Å². The highest BCUT2D eigenvalue weighted by Gasteiger charge is 2.22. The molecule has 0 spiro atoms. The fraction of sp³-hybridized carbons (Fsp3) is 0.208. The number of carbonyl (C=O) groups is 1. The fourth-order valence-corrected chi connectivity index (χ4v) is 3.38. The molecule has 1 unspecified atom stereocenters. The largest absolute Gasteiger partial charge is 0.478 e. The zero-order valence-corrected chi connectivity index (χ0v) is 16.2. The van der Waals surface area contributed by atoms with Crippen molar-refractivity contribution in [2.75, 3.05) is 19.0 Å². The second-order valence-corrected chi connectivity index (χ2v) is 7.23. The Labute approximate surface area is 160 Å². The Morgan fingerprint density at radius 3 is 1.85 bits per heavy atom. The Kier molecular flexibility index (Phi) is 5.31. The average Bonchev–Trinajstić information content (AvgIpc) is 2.65. The van der Waals surface area contributed by atoms with E-state index in [0.717, 1.165) is 27.9 Å². The maximum Gasteiger partial charge on any atom is 0.336 e. The predicted molar refractivity (Wildman–Crippen MR) is 111 cm³/mol. The maximum atomic E-state index is 11.9. The van der Waals surface area contributed by atoms with E-state index >= 15 is 0 Å². The van der Waals surface area contributed by atoms with E-state index in [9.17, 15) is 9.90 Å². The van der Waals surface area contributed by atoms with Crippen LogP contribution in [0.3, 0.4) is 0 Å². The van der Waals surface area contributed by atoms with Gasteiger partial charge in [-0.05, 0) is 48.7 Å². The molecule has 27 heavy (non-hydrogen) atoms. The summed E-state index contributed by atoms with van der Waals surface area (Å²) in [6.07, 6.45) is 0. The van der Waals surface area contributed by atoms with E-state index in [1.54, 1.807) is 6.07 Å². The maximum absolute atomic E-state index is 11.9. The molecule has 0 bridgehead atoms. The third-order valence-corrected chi connectivity index (χ3v) is 4.90. The second-order valence-electron chi connectivity index (χ2n) is 7.23. The standard InChI is InChI=1S/C24H25NO2/c1-16-5-8-18(9-6-16)23(19-10-12-20(13-11-19)25(3)4)21-14-7-17(2)15-22(21)24(26)27/h5-15,23H,1-4H3,(H,26,27). The van der Waals surface area contributed by atoms with Crippen molar-refractivity contribution in [3.63, 3.8) is 0 Å². The minimum absolute atomic E-state index is 0.131. The minimum atomic E-state index is -0.893. The van der Waals surface area contributed by atoms with Gasteiger partial charge in [-0.15, -0.1) is 0 Å². The van der Waals surface area contributed by atoms with Crippen LogP contribution in [0.15, 0.2) is 66.7 Å². The summed E-state index contributed by atoms with van der Waals surface area (Å²) in [5.41, 5.74) is 6.58. The molecule has 0 amide bonds. The summed E-state index contributed by atoms with van der Waals surface area (Å²) < 4.78 is 0. The molecule has 3 heteroatoms. The van der Waals surface area contributed by atoms with E-state index in [1.165, 1.54) is 5.56 Å². The lowest BCUT2D eigenvalue weighted by molar-refractivity contribution is 0.0695. The summed E-state index contributed by atoms with van der Waals surface area (Å²) in [6.45, 7) is 3.97. The van der Waals surface area contributed by atoms with Crippen molar-refractivity contribution < 1.29 is 9.90 Å². The zero-order chi connectivity index (χ0) is 19.6. The highest BCUT2D eigenvalue weighted by atomic mass is 16.4. The summed E-state index contributed by atoms with van der Waals surface area (Å²) >= 11 is 0.